The van der Waals surface area contributed by atoms with Crippen molar-refractivity contribution in [2.24, 2.45) is 4.51 Å². The van der Waals surface area contributed by atoms with Crippen LogP contribution in [0.2, 0.25) is 0 Å². The predicted octanol–water partition coefficient (Wildman–Crippen LogP) is 2.06. The van der Waals surface area contributed by atoms with E-state index in [0.29, 0.717) is 5.39 Å². The Morgan fingerprint density at radius 3 is 2.93 bits per heavy atom. The maximum atomic E-state index is 9.49. The number of nitriles is 1. The zero-order chi connectivity index (χ0) is 10.8. The van der Waals surface area contributed by atoms with Crippen LogP contribution in [0.5, 0.6) is 5.75 Å². The highest BCUT2D eigenvalue weighted by atomic mass is 35.5. The van der Waals surface area contributed by atoms with Crippen molar-refractivity contribution in [3.8, 4) is 11.8 Å². The molecule has 1 aromatic carbocycles. The predicted molar refractivity (Wildman–Crippen MR) is 54.0 cm³/mol. The number of halogens is 1. The van der Waals surface area contributed by atoms with Gasteiger partial charge in [-0.25, -0.2) is 0 Å². The van der Waals surface area contributed by atoms with Gasteiger partial charge in [-0.15, -0.1) is 4.51 Å². The fourth-order valence-electron chi connectivity index (χ4n) is 1.28. The lowest BCUT2D eigenvalue weighted by Crippen LogP contribution is -2.04. The topological polar surface area (TPSA) is 69.5 Å². The van der Waals surface area contributed by atoms with Crippen LogP contribution in [0.1, 0.15) is 5.56 Å². The minimum atomic E-state index is -0.0152. The standard InChI is InChI=1S/C10H5ClN2O2/c11-13-10-7(5-12)4-6-2-1-3-8(14)9(6)15-10/h1-4,14H/b13-10-. The Balaban J connectivity index is 2.96. The molecule has 0 bridgehead atoms. The lowest BCUT2D eigenvalue weighted by molar-refractivity contribution is 0.454. The molecule has 4 nitrogen and oxygen atoms in total. The first-order chi connectivity index (χ1) is 7.26. The van der Waals surface area contributed by atoms with Crippen LogP contribution in [-0.4, -0.2) is 5.11 Å². The molecule has 2 aromatic rings. The Kier molecular flexibility index (Phi) is 2.32. The van der Waals surface area contributed by atoms with Crippen LogP contribution in [-0.2, 0) is 0 Å². The molecule has 0 atom stereocenters. The van der Waals surface area contributed by atoms with Gasteiger partial charge in [0.05, 0.1) is 0 Å². The Hall–Kier alpha value is -1.99. The van der Waals surface area contributed by atoms with Crippen molar-refractivity contribution in [2.45, 2.75) is 0 Å². The van der Waals surface area contributed by atoms with Crippen molar-refractivity contribution in [1.29, 1.82) is 5.26 Å². The Bertz CT molecular complexity index is 625. The SMILES string of the molecule is N#Cc1cc2cccc(O)c2o/c1=N\Cl. The first-order valence-corrected chi connectivity index (χ1v) is 4.41. The first kappa shape index (κ1) is 9.56. The monoisotopic (exact) mass is 220 g/mol. The van der Waals surface area contributed by atoms with Gasteiger partial charge in [0, 0.05) is 17.2 Å². The van der Waals surface area contributed by atoms with Crippen molar-refractivity contribution in [3.63, 3.8) is 0 Å². The summed E-state index contributed by atoms with van der Waals surface area (Å²) in [6.45, 7) is 0. The van der Waals surface area contributed by atoms with Gasteiger partial charge in [-0.05, 0) is 12.1 Å². The largest absolute Gasteiger partial charge is 0.504 e. The van der Waals surface area contributed by atoms with Crippen LogP contribution in [0.4, 0.5) is 0 Å². The van der Waals surface area contributed by atoms with Gasteiger partial charge in [-0.3, -0.25) is 0 Å². The molecule has 5 heteroatoms. The molecule has 1 N–H and O–H groups in total. The van der Waals surface area contributed by atoms with Crippen molar-refractivity contribution in [1.82, 2.24) is 0 Å². The minimum absolute atomic E-state index is 0.00633. The molecular weight excluding hydrogens is 216 g/mol. The fraction of sp³-hybridized carbons (Fsp3) is 0. The van der Waals surface area contributed by atoms with Crippen LogP contribution in [0, 0.1) is 11.3 Å². The number of rotatable bonds is 0. The Morgan fingerprint density at radius 2 is 2.27 bits per heavy atom. The molecule has 2 rings (SSSR count). The molecular formula is C10H5ClN2O2. The Labute approximate surface area is 89.8 Å². The van der Waals surface area contributed by atoms with E-state index in [1.807, 2.05) is 6.07 Å². The average Bonchev–Trinajstić information content (AvgIpc) is 2.28. The van der Waals surface area contributed by atoms with Crippen molar-refractivity contribution < 1.29 is 9.52 Å². The summed E-state index contributed by atoms with van der Waals surface area (Å²) in [5, 5.41) is 18.9. The van der Waals surface area contributed by atoms with E-state index in [1.54, 1.807) is 18.2 Å². The number of aromatic hydroxyl groups is 1. The van der Waals surface area contributed by atoms with E-state index >= 15 is 0 Å². The third-order valence-corrected chi connectivity index (χ3v) is 2.10. The van der Waals surface area contributed by atoms with E-state index in [1.165, 1.54) is 6.07 Å². The highest BCUT2D eigenvalue weighted by Gasteiger charge is 2.05. The van der Waals surface area contributed by atoms with Gasteiger partial charge in [0.1, 0.15) is 11.6 Å². The van der Waals surface area contributed by atoms with Gasteiger partial charge in [0.15, 0.2) is 11.3 Å². The van der Waals surface area contributed by atoms with Crippen molar-refractivity contribution >= 4 is 22.7 Å². The van der Waals surface area contributed by atoms with E-state index in [-0.39, 0.29) is 22.5 Å². The highest BCUT2D eigenvalue weighted by molar-refractivity contribution is 6.14. The lowest BCUT2D eigenvalue weighted by Gasteiger charge is -1.99. The van der Waals surface area contributed by atoms with Gasteiger partial charge < -0.3 is 9.52 Å². The molecule has 0 fully saturated rings. The van der Waals surface area contributed by atoms with E-state index in [0.717, 1.165) is 0 Å². The van der Waals surface area contributed by atoms with E-state index in [4.69, 9.17) is 21.5 Å². The summed E-state index contributed by atoms with van der Waals surface area (Å²) in [7, 11) is 0. The molecule has 0 saturated heterocycles. The van der Waals surface area contributed by atoms with Gasteiger partial charge in [0.2, 0.25) is 5.55 Å². The zero-order valence-corrected chi connectivity index (χ0v) is 8.19. The molecule has 0 spiro atoms. The highest BCUT2D eigenvalue weighted by Crippen LogP contribution is 2.22. The number of para-hydroxylation sites is 1. The normalized spacial score (nSPS) is 11.6. The summed E-state index contributed by atoms with van der Waals surface area (Å²) < 4.78 is 8.50. The van der Waals surface area contributed by atoms with Gasteiger partial charge in [-0.2, -0.15) is 5.26 Å². The third kappa shape index (κ3) is 1.53. The minimum Gasteiger partial charge on any atom is -0.504 e. The third-order valence-electron chi connectivity index (χ3n) is 1.95. The number of nitrogens with zero attached hydrogens (tertiary/aromatic N) is 2. The van der Waals surface area contributed by atoms with Crippen molar-refractivity contribution in [3.05, 3.63) is 35.4 Å². The fourth-order valence-corrected chi connectivity index (χ4v) is 1.40. The van der Waals surface area contributed by atoms with Gasteiger partial charge >= 0.3 is 0 Å². The zero-order valence-electron chi connectivity index (χ0n) is 7.44. The van der Waals surface area contributed by atoms with Crippen LogP contribution in [0.3, 0.4) is 0 Å². The van der Waals surface area contributed by atoms with Gasteiger partial charge in [-0.1, -0.05) is 12.1 Å². The number of phenolic OH excluding ortho intramolecular Hbond substituents is 1. The molecule has 0 aliphatic carbocycles. The summed E-state index contributed by atoms with van der Waals surface area (Å²) in [6, 6.07) is 8.32. The number of fused-ring (bicyclic) bond motifs is 1. The molecule has 0 radical (unpaired) electrons. The number of hydrogen-bond donors (Lipinski definition) is 1. The molecule has 74 valence electrons. The van der Waals surface area contributed by atoms with Crippen LogP contribution < -0.4 is 5.55 Å². The number of hydrogen-bond acceptors (Lipinski definition) is 4. The molecule has 1 heterocycles. The van der Waals surface area contributed by atoms with Crippen LogP contribution in [0.25, 0.3) is 11.0 Å². The number of phenols is 1. The quantitative estimate of drug-likeness (QED) is 0.739. The summed E-state index contributed by atoms with van der Waals surface area (Å²) in [4.78, 5) is 0. The van der Waals surface area contributed by atoms with Crippen LogP contribution in [0.15, 0.2) is 33.2 Å². The molecule has 0 unspecified atom stereocenters. The van der Waals surface area contributed by atoms with Crippen LogP contribution >= 0.6 is 11.8 Å². The Morgan fingerprint density at radius 1 is 1.47 bits per heavy atom. The number of benzene rings is 1. The maximum Gasteiger partial charge on any atom is 0.249 e. The summed E-state index contributed by atoms with van der Waals surface area (Å²) in [5.41, 5.74) is 0.479. The second-order valence-corrected chi connectivity index (χ2v) is 3.03. The molecule has 0 aliphatic rings. The molecule has 0 amide bonds. The second-order valence-electron chi connectivity index (χ2n) is 2.86. The molecule has 15 heavy (non-hydrogen) atoms. The lowest BCUT2D eigenvalue weighted by atomic mass is 10.2. The average molecular weight is 221 g/mol. The van der Waals surface area contributed by atoms with E-state index in [9.17, 15) is 5.11 Å². The smallest absolute Gasteiger partial charge is 0.249 e. The van der Waals surface area contributed by atoms with Crippen molar-refractivity contribution in [2.75, 3.05) is 0 Å². The summed E-state index contributed by atoms with van der Waals surface area (Å²) >= 11 is 5.26. The second kappa shape index (κ2) is 3.64. The maximum absolute atomic E-state index is 9.49. The summed E-state index contributed by atoms with van der Waals surface area (Å²) in [5.74, 6) is -0.0152. The van der Waals surface area contributed by atoms with E-state index in [2.05, 4.69) is 4.51 Å². The van der Waals surface area contributed by atoms with Gasteiger partial charge in [0.25, 0.3) is 0 Å². The first-order valence-electron chi connectivity index (χ1n) is 4.07. The van der Waals surface area contributed by atoms with E-state index < -0.39 is 0 Å². The summed E-state index contributed by atoms with van der Waals surface area (Å²) in [6.07, 6.45) is 0. The molecule has 0 aliphatic heterocycles. The molecule has 0 saturated carbocycles. The molecule has 1 aromatic heterocycles.